The molecule has 1 aromatic carbocycles. The van der Waals surface area contributed by atoms with Gasteiger partial charge < -0.3 is 5.11 Å². The molecule has 14 heavy (non-hydrogen) atoms. The normalized spacial score (nSPS) is 9.21. The summed E-state index contributed by atoms with van der Waals surface area (Å²) in [5.74, 6) is 0.997. The third-order valence-electron chi connectivity index (χ3n) is 2.02. The van der Waals surface area contributed by atoms with E-state index in [4.69, 9.17) is 11.6 Å². The maximum Gasteiger partial charge on any atom is 0.118 e. The zero-order chi connectivity index (χ0) is 11.1. The van der Waals surface area contributed by atoms with Gasteiger partial charge >= 0.3 is 0 Å². The minimum atomic E-state index is 0.367. The quantitative estimate of drug-likeness (QED) is 0.743. The van der Waals surface area contributed by atoms with Crippen molar-refractivity contribution < 1.29 is 5.11 Å². The van der Waals surface area contributed by atoms with Gasteiger partial charge in [-0.2, -0.15) is 0 Å². The van der Waals surface area contributed by atoms with Crippen LogP contribution in [0.15, 0.2) is 12.1 Å². The molecule has 1 N–H and O–H groups in total. The molecule has 0 radical (unpaired) electrons. The van der Waals surface area contributed by atoms with E-state index in [-0.39, 0.29) is 0 Å². The number of benzene rings is 1. The third kappa shape index (κ3) is 3.59. The van der Waals surface area contributed by atoms with Gasteiger partial charge in [-0.25, -0.2) is 0 Å². The SMILES string of the molecule is CC.Cc1cc(CCCl)c(C)cc1O. The Kier molecular flexibility index (Phi) is 6.39. The monoisotopic (exact) mass is 214 g/mol. The van der Waals surface area contributed by atoms with Crippen molar-refractivity contribution in [3.63, 3.8) is 0 Å². The van der Waals surface area contributed by atoms with Crippen LogP contribution in [-0.2, 0) is 6.42 Å². The van der Waals surface area contributed by atoms with E-state index in [9.17, 15) is 5.11 Å². The molecule has 0 heterocycles. The van der Waals surface area contributed by atoms with Crippen molar-refractivity contribution in [2.45, 2.75) is 34.1 Å². The molecule has 2 heteroatoms. The van der Waals surface area contributed by atoms with Gasteiger partial charge in [0.15, 0.2) is 0 Å². The van der Waals surface area contributed by atoms with E-state index in [0.29, 0.717) is 11.6 Å². The summed E-state index contributed by atoms with van der Waals surface area (Å²) in [5, 5.41) is 9.36. The van der Waals surface area contributed by atoms with Crippen molar-refractivity contribution in [2.24, 2.45) is 0 Å². The topological polar surface area (TPSA) is 20.2 Å². The highest BCUT2D eigenvalue weighted by molar-refractivity contribution is 6.18. The molecule has 0 amide bonds. The molecule has 0 saturated carbocycles. The maximum atomic E-state index is 9.36. The summed E-state index contributed by atoms with van der Waals surface area (Å²) < 4.78 is 0. The Morgan fingerprint density at radius 3 is 2.21 bits per heavy atom. The second kappa shape index (κ2) is 6.72. The van der Waals surface area contributed by atoms with Crippen LogP contribution >= 0.6 is 11.6 Å². The van der Waals surface area contributed by atoms with E-state index in [2.05, 4.69) is 0 Å². The van der Waals surface area contributed by atoms with Crippen LogP contribution in [-0.4, -0.2) is 11.0 Å². The molecule has 0 atom stereocenters. The van der Waals surface area contributed by atoms with Crippen molar-refractivity contribution >= 4 is 11.6 Å². The van der Waals surface area contributed by atoms with Gasteiger partial charge in [0, 0.05) is 5.88 Å². The van der Waals surface area contributed by atoms with Gasteiger partial charge in [-0.05, 0) is 43.0 Å². The predicted molar refractivity (Wildman–Crippen MR) is 63.4 cm³/mol. The summed E-state index contributed by atoms with van der Waals surface area (Å²) in [7, 11) is 0. The molecule has 0 aliphatic rings. The summed E-state index contributed by atoms with van der Waals surface area (Å²) in [4.78, 5) is 0. The van der Waals surface area contributed by atoms with E-state index in [1.54, 1.807) is 6.07 Å². The molecule has 0 spiro atoms. The zero-order valence-electron chi connectivity index (χ0n) is 9.39. The van der Waals surface area contributed by atoms with Crippen molar-refractivity contribution in [3.8, 4) is 5.75 Å². The second-order valence-electron chi connectivity index (χ2n) is 3.00. The van der Waals surface area contributed by atoms with E-state index >= 15 is 0 Å². The first kappa shape index (κ1) is 13.3. The number of hydrogen-bond acceptors (Lipinski definition) is 1. The lowest BCUT2D eigenvalue weighted by Crippen LogP contribution is -1.91. The van der Waals surface area contributed by atoms with E-state index in [0.717, 1.165) is 17.5 Å². The van der Waals surface area contributed by atoms with Crippen LogP contribution < -0.4 is 0 Å². The Hall–Kier alpha value is -0.690. The van der Waals surface area contributed by atoms with Crippen LogP contribution in [0, 0.1) is 13.8 Å². The fraction of sp³-hybridized carbons (Fsp3) is 0.500. The molecule has 0 unspecified atom stereocenters. The number of alkyl halides is 1. The fourth-order valence-electron chi connectivity index (χ4n) is 1.23. The van der Waals surface area contributed by atoms with Crippen LogP contribution in [0.4, 0.5) is 0 Å². The molecule has 1 rings (SSSR count). The first-order valence-corrected chi connectivity index (χ1v) is 5.53. The number of halogens is 1. The lowest BCUT2D eigenvalue weighted by Gasteiger charge is -2.06. The highest BCUT2D eigenvalue weighted by atomic mass is 35.5. The largest absolute Gasteiger partial charge is 0.508 e. The molecule has 80 valence electrons. The molecule has 1 nitrogen and oxygen atoms in total. The van der Waals surface area contributed by atoms with Gasteiger partial charge in [0.1, 0.15) is 5.75 Å². The zero-order valence-corrected chi connectivity index (χ0v) is 10.2. The molecule has 0 bridgehead atoms. The molecule has 0 fully saturated rings. The van der Waals surface area contributed by atoms with Gasteiger partial charge in [0.2, 0.25) is 0 Å². The average Bonchev–Trinajstić information content (AvgIpc) is 2.18. The Balaban J connectivity index is 0.000000791. The summed E-state index contributed by atoms with van der Waals surface area (Å²) in [6.07, 6.45) is 0.870. The number of aryl methyl sites for hydroxylation is 3. The summed E-state index contributed by atoms with van der Waals surface area (Å²) >= 11 is 5.64. The first-order chi connectivity index (χ1) is 6.65. The molecule has 0 saturated heterocycles. The first-order valence-electron chi connectivity index (χ1n) is 5.00. The van der Waals surface area contributed by atoms with Crippen LogP contribution in [0.1, 0.15) is 30.5 Å². The van der Waals surface area contributed by atoms with Gasteiger partial charge in [0.25, 0.3) is 0 Å². The number of phenolic OH excluding ortho intramolecular Hbond substituents is 1. The number of rotatable bonds is 2. The minimum absolute atomic E-state index is 0.367. The highest BCUT2D eigenvalue weighted by Gasteiger charge is 2.02. The fourth-order valence-corrected chi connectivity index (χ4v) is 1.44. The van der Waals surface area contributed by atoms with Crippen LogP contribution in [0.5, 0.6) is 5.75 Å². The Labute approximate surface area is 91.7 Å². The number of hydrogen-bond donors (Lipinski definition) is 1. The number of aromatic hydroxyl groups is 1. The van der Waals surface area contributed by atoms with E-state index in [1.165, 1.54) is 5.56 Å². The van der Waals surface area contributed by atoms with Crippen LogP contribution in [0.3, 0.4) is 0 Å². The van der Waals surface area contributed by atoms with Crippen LogP contribution in [0.2, 0.25) is 0 Å². The smallest absolute Gasteiger partial charge is 0.118 e. The van der Waals surface area contributed by atoms with Gasteiger partial charge in [-0.15, -0.1) is 11.6 Å². The van der Waals surface area contributed by atoms with E-state index < -0.39 is 0 Å². The molecule has 1 aromatic rings. The molecule has 0 aliphatic heterocycles. The Morgan fingerprint density at radius 2 is 1.71 bits per heavy atom. The van der Waals surface area contributed by atoms with Crippen molar-refractivity contribution in [1.82, 2.24) is 0 Å². The highest BCUT2D eigenvalue weighted by Crippen LogP contribution is 2.21. The van der Waals surface area contributed by atoms with Gasteiger partial charge in [-0.3, -0.25) is 0 Å². The summed E-state index contributed by atoms with van der Waals surface area (Å²) in [5.41, 5.74) is 3.25. The van der Waals surface area contributed by atoms with Crippen molar-refractivity contribution in [1.29, 1.82) is 0 Å². The third-order valence-corrected chi connectivity index (χ3v) is 2.21. The van der Waals surface area contributed by atoms with Crippen LogP contribution in [0.25, 0.3) is 0 Å². The van der Waals surface area contributed by atoms with Crippen molar-refractivity contribution in [3.05, 3.63) is 28.8 Å². The molecule has 0 aliphatic carbocycles. The minimum Gasteiger partial charge on any atom is -0.508 e. The van der Waals surface area contributed by atoms with Crippen molar-refractivity contribution in [2.75, 3.05) is 5.88 Å². The average molecular weight is 215 g/mol. The second-order valence-corrected chi connectivity index (χ2v) is 3.38. The standard InChI is InChI=1S/C10H13ClO.C2H6/c1-7-6-10(12)8(2)5-9(7)3-4-11;1-2/h5-6,12H,3-4H2,1-2H3;1-2H3. The summed E-state index contributed by atoms with van der Waals surface area (Å²) in [6.45, 7) is 7.88. The Bertz CT molecular complexity index is 282. The predicted octanol–water partition coefficient (Wildman–Crippen LogP) is 3.82. The Morgan fingerprint density at radius 1 is 1.14 bits per heavy atom. The molecular weight excluding hydrogens is 196 g/mol. The molecular formula is C12H19ClO. The number of phenols is 1. The summed E-state index contributed by atoms with van der Waals surface area (Å²) in [6, 6.07) is 3.78. The lowest BCUT2D eigenvalue weighted by molar-refractivity contribution is 0.470. The molecule has 0 aromatic heterocycles. The maximum absolute atomic E-state index is 9.36. The lowest BCUT2D eigenvalue weighted by atomic mass is 10.0. The van der Waals surface area contributed by atoms with Gasteiger partial charge in [0.05, 0.1) is 0 Å². The van der Waals surface area contributed by atoms with Gasteiger partial charge in [-0.1, -0.05) is 19.9 Å². The van der Waals surface area contributed by atoms with E-state index in [1.807, 2.05) is 33.8 Å².